The summed E-state index contributed by atoms with van der Waals surface area (Å²) in [7, 11) is 0. The summed E-state index contributed by atoms with van der Waals surface area (Å²) in [4.78, 5) is 6.03. The highest BCUT2D eigenvalue weighted by molar-refractivity contribution is 7.15. The van der Waals surface area contributed by atoms with E-state index in [1.165, 1.54) is 23.4 Å². The molecule has 2 N–H and O–H groups in total. The van der Waals surface area contributed by atoms with Gasteiger partial charge in [-0.2, -0.15) is 0 Å². The number of rotatable bonds is 3. The Morgan fingerprint density at radius 3 is 2.56 bits per heavy atom. The monoisotopic (exact) mass is 278 g/mol. The summed E-state index contributed by atoms with van der Waals surface area (Å²) in [5.74, 6) is 0.642. The van der Waals surface area contributed by atoms with E-state index in [1.807, 2.05) is 31.2 Å². The van der Waals surface area contributed by atoms with E-state index in [9.17, 15) is 0 Å². The molecule has 4 heteroatoms. The Kier molecular flexibility index (Phi) is 3.14. The van der Waals surface area contributed by atoms with Gasteiger partial charge in [-0.3, -0.25) is 0 Å². The number of aromatic nitrogens is 1. The Morgan fingerprint density at radius 1 is 1.33 bits per heavy atom. The van der Waals surface area contributed by atoms with Gasteiger partial charge < -0.3 is 5.73 Å². The third kappa shape index (κ3) is 2.30. The van der Waals surface area contributed by atoms with E-state index in [0.717, 1.165) is 15.6 Å². The second-order valence-electron chi connectivity index (χ2n) is 4.84. The van der Waals surface area contributed by atoms with E-state index >= 15 is 0 Å². The summed E-state index contributed by atoms with van der Waals surface area (Å²) in [6, 6.07) is 7.91. The summed E-state index contributed by atoms with van der Waals surface area (Å²) in [6.07, 6.45) is 2.51. The molecule has 0 saturated heterocycles. The first-order valence-electron chi connectivity index (χ1n) is 6.17. The SMILES string of the molecule is CC(N)c1sc(-c2ccc(Cl)cc2)nc1C1CC1. The topological polar surface area (TPSA) is 38.9 Å². The zero-order valence-corrected chi connectivity index (χ0v) is 11.8. The largest absolute Gasteiger partial charge is 0.323 e. The zero-order chi connectivity index (χ0) is 12.7. The lowest BCUT2D eigenvalue weighted by Gasteiger charge is -2.02. The van der Waals surface area contributed by atoms with Gasteiger partial charge in [0.25, 0.3) is 0 Å². The maximum atomic E-state index is 6.04. The van der Waals surface area contributed by atoms with Crippen molar-refractivity contribution in [1.82, 2.24) is 4.98 Å². The second kappa shape index (κ2) is 4.65. The van der Waals surface area contributed by atoms with Crippen molar-refractivity contribution in [1.29, 1.82) is 0 Å². The molecular weight excluding hydrogens is 264 g/mol. The average molecular weight is 279 g/mol. The van der Waals surface area contributed by atoms with Gasteiger partial charge in [0.05, 0.1) is 5.69 Å². The fraction of sp³-hybridized carbons (Fsp3) is 0.357. The van der Waals surface area contributed by atoms with E-state index < -0.39 is 0 Å². The van der Waals surface area contributed by atoms with Gasteiger partial charge in [0.15, 0.2) is 0 Å². The molecule has 1 atom stereocenters. The molecule has 1 aromatic carbocycles. The van der Waals surface area contributed by atoms with Gasteiger partial charge in [0.1, 0.15) is 5.01 Å². The van der Waals surface area contributed by atoms with E-state index in [2.05, 4.69) is 0 Å². The van der Waals surface area contributed by atoms with Crippen molar-refractivity contribution in [2.75, 3.05) is 0 Å². The molecule has 3 rings (SSSR count). The minimum absolute atomic E-state index is 0.0687. The summed E-state index contributed by atoms with van der Waals surface area (Å²) in [6.45, 7) is 2.03. The minimum atomic E-state index is 0.0687. The molecule has 0 bridgehead atoms. The average Bonchev–Trinajstić information content (AvgIpc) is 3.09. The molecule has 0 amide bonds. The Hall–Kier alpha value is -0.900. The van der Waals surface area contributed by atoms with Crippen LogP contribution in [0.4, 0.5) is 0 Å². The van der Waals surface area contributed by atoms with Crippen molar-refractivity contribution in [3.8, 4) is 10.6 Å². The lowest BCUT2D eigenvalue weighted by molar-refractivity contribution is 0.811. The van der Waals surface area contributed by atoms with Gasteiger partial charge in [-0.05, 0) is 31.9 Å². The fourth-order valence-electron chi connectivity index (χ4n) is 2.04. The molecule has 1 fully saturated rings. The standard InChI is InChI=1S/C14H15ClN2S/c1-8(16)13-12(9-2-3-9)17-14(18-13)10-4-6-11(15)7-5-10/h4-9H,2-3,16H2,1H3. The van der Waals surface area contributed by atoms with E-state index in [4.69, 9.17) is 22.3 Å². The predicted octanol–water partition coefficient (Wildman–Crippen LogP) is 4.36. The van der Waals surface area contributed by atoms with Crippen molar-refractivity contribution in [2.24, 2.45) is 5.73 Å². The van der Waals surface area contributed by atoms with Gasteiger partial charge >= 0.3 is 0 Å². The van der Waals surface area contributed by atoms with Crippen molar-refractivity contribution in [3.63, 3.8) is 0 Å². The molecule has 2 nitrogen and oxygen atoms in total. The highest BCUT2D eigenvalue weighted by Crippen LogP contribution is 2.45. The predicted molar refractivity (Wildman–Crippen MR) is 77.1 cm³/mol. The van der Waals surface area contributed by atoms with Crippen LogP contribution in [0, 0.1) is 0 Å². The summed E-state index contributed by atoms with van der Waals surface area (Å²) < 4.78 is 0. The quantitative estimate of drug-likeness (QED) is 0.906. The molecule has 1 saturated carbocycles. The van der Waals surface area contributed by atoms with E-state index in [0.29, 0.717) is 5.92 Å². The van der Waals surface area contributed by atoms with Crippen molar-refractivity contribution in [2.45, 2.75) is 31.7 Å². The Morgan fingerprint density at radius 2 is 2.00 bits per heavy atom. The molecule has 1 aromatic heterocycles. The number of hydrogen-bond donors (Lipinski definition) is 1. The minimum Gasteiger partial charge on any atom is -0.323 e. The summed E-state index contributed by atoms with van der Waals surface area (Å²) >= 11 is 7.63. The van der Waals surface area contributed by atoms with Crippen molar-refractivity contribution >= 4 is 22.9 Å². The van der Waals surface area contributed by atoms with Crippen LogP contribution in [0.25, 0.3) is 10.6 Å². The van der Waals surface area contributed by atoms with Crippen LogP contribution < -0.4 is 5.73 Å². The molecule has 1 heterocycles. The molecule has 0 aliphatic heterocycles. The van der Waals surface area contributed by atoms with Crippen LogP contribution in [-0.2, 0) is 0 Å². The van der Waals surface area contributed by atoms with Crippen LogP contribution >= 0.6 is 22.9 Å². The number of halogens is 1. The molecule has 1 unspecified atom stereocenters. The van der Waals surface area contributed by atoms with Gasteiger partial charge in [0.2, 0.25) is 0 Å². The molecular formula is C14H15ClN2S. The Labute approximate surface area is 116 Å². The summed E-state index contributed by atoms with van der Waals surface area (Å²) in [5, 5.41) is 1.81. The third-order valence-corrected chi connectivity index (χ3v) is 4.72. The maximum Gasteiger partial charge on any atom is 0.123 e. The summed E-state index contributed by atoms with van der Waals surface area (Å²) in [5.41, 5.74) is 8.39. The fourth-order valence-corrected chi connectivity index (χ4v) is 3.27. The number of hydrogen-bond acceptors (Lipinski definition) is 3. The molecule has 1 aliphatic rings. The lowest BCUT2D eigenvalue weighted by atomic mass is 10.2. The first kappa shape index (κ1) is 12.2. The van der Waals surface area contributed by atoms with Crippen LogP contribution in [0.1, 0.15) is 42.3 Å². The maximum absolute atomic E-state index is 6.04. The van der Waals surface area contributed by atoms with Crippen LogP contribution in [0.15, 0.2) is 24.3 Å². The van der Waals surface area contributed by atoms with Crippen LogP contribution in [-0.4, -0.2) is 4.98 Å². The molecule has 94 valence electrons. The zero-order valence-electron chi connectivity index (χ0n) is 10.2. The molecule has 18 heavy (non-hydrogen) atoms. The van der Waals surface area contributed by atoms with Gasteiger partial charge in [-0.15, -0.1) is 11.3 Å². The Bertz CT molecular complexity index is 536. The second-order valence-corrected chi connectivity index (χ2v) is 6.31. The highest BCUT2D eigenvalue weighted by Gasteiger charge is 2.30. The molecule has 0 spiro atoms. The normalized spacial score (nSPS) is 16.8. The molecule has 1 aliphatic carbocycles. The van der Waals surface area contributed by atoms with Crippen LogP contribution in [0.2, 0.25) is 5.02 Å². The van der Waals surface area contributed by atoms with Gasteiger partial charge in [-0.25, -0.2) is 4.98 Å². The van der Waals surface area contributed by atoms with E-state index in [1.54, 1.807) is 11.3 Å². The third-order valence-electron chi connectivity index (χ3n) is 3.15. The van der Waals surface area contributed by atoms with Crippen LogP contribution in [0.5, 0.6) is 0 Å². The highest BCUT2D eigenvalue weighted by atomic mass is 35.5. The first-order chi connectivity index (χ1) is 8.65. The first-order valence-corrected chi connectivity index (χ1v) is 7.36. The number of nitrogens with zero attached hydrogens (tertiary/aromatic N) is 1. The molecule has 2 aromatic rings. The smallest absolute Gasteiger partial charge is 0.123 e. The van der Waals surface area contributed by atoms with E-state index in [-0.39, 0.29) is 6.04 Å². The molecule has 0 radical (unpaired) electrons. The number of benzene rings is 1. The van der Waals surface area contributed by atoms with Crippen LogP contribution in [0.3, 0.4) is 0 Å². The Balaban J connectivity index is 2.02. The van der Waals surface area contributed by atoms with Crippen molar-refractivity contribution in [3.05, 3.63) is 39.9 Å². The number of nitrogens with two attached hydrogens (primary N) is 1. The van der Waals surface area contributed by atoms with Crippen molar-refractivity contribution < 1.29 is 0 Å². The lowest BCUT2D eigenvalue weighted by Crippen LogP contribution is -2.05. The number of thiazole rings is 1. The van der Waals surface area contributed by atoms with Gasteiger partial charge in [-0.1, -0.05) is 23.7 Å². The van der Waals surface area contributed by atoms with Gasteiger partial charge in [0, 0.05) is 27.4 Å².